The Morgan fingerprint density at radius 2 is 1.72 bits per heavy atom. The maximum absolute atomic E-state index is 13.0. The van der Waals surface area contributed by atoms with E-state index in [0.29, 0.717) is 32.1 Å². The lowest BCUT2D eigenvalue weighted by molar-refractivity contribution is -0.138. The van der Waals surface area contributed by atoms with Gasteiger partial charge in [0, 0.05) is 26.2 Å². The van der Waals surface area contributed by atoms with Gasteiger partial charge in [0.15, 0.2) is 6.10 Å². The van der Waals surface area contributed by atoms with Crippen LogP contribution in [0.1, 0.15) is 33.3 Å². The molecule has 0 aliphatic carbocycles. The smallest absolute Gasteiger partial charge is 0.263 e. The number of benzene rings is 2. The van der Waals surface area contributed by atoms with E-state index in [9.17, 15) is 4.79 Å². The first-order valence-corrected chi connectivity index (χ1v) is 11.0. The van der Waals surface area contributed by atoms with E-state index in [1.54, 1.807) is 4.68 Å². The average molecular weight is 435 g/mol. The number of rotatable bonds is 5. The van der Waals surface area contributed by atoms with Crippen molar-refractivity contribution >= 4 is 11.9 Å². The Kier molecular flexibility index (Phi) is 6.12. The predicted molar refractivity (Wildman–Crippen MR) is 123 cm³/mol. The second-order valence-corrected chi connectivity index (χ2v) is 9.08. The zero-order valence-electron chi connectivity index (χ0n) is 19.1. The molecule has 1 aliphatic rings. The zero-order chi connectivity index (χ0) is 22.7. The fraction of sp³-hybridized carbons (Fsp3) is 0.417. The highest BCUT2D eigenvalue weighted by Gasteiger charge is 2.28. The summed E-state index contributed by atoms with van der Waals surface area (Å²) in [6.45, 7) is 10.8. The molecule has 1 aromatic heterocycles. The maximum atomic E-state index is 13.0. The largest absolute Gasteiger partial charge is 0.481 e. The molecule has 1 amide bonds. The number of carbonyl (C=O) groups is 1. The van der Waals surface area contributed by atoms with Gasteiger partial charge >= 0.3 is 0 Å². The van der Waals surface area contributed by atoms with Crippen molar-refractivity contribution in [3.63, 3.8) is 0 Å². The van der Waals surface area contributed by atoms with Gasteiger partial charge < -0.3 is 14.5 Å². The minimum absolute atomic E-state index is 0.00605. The summed E-state index contributed by atoms with van der Waals surface area (Å²) < 4.78 is 7.73. The molecule has 0 radical (unpaired) electrons. The van der Waals surface area contributed by atoms with Gasteiger partial charge in [0.1, 0.15) is 5.75 Å². The van der Waals surface area contributed by atoms with Gasteiger partial charge in [-0.15, -0.1) is 0 Å². The Morgan fingerprint density at radius 1 is 1.00 bits per heavy atom. The van der Waals surface area contributed by atoms with Gasteiger partial charge in [-0.3, -0.25) is 4.79 Å². The van der Waals surface area contributed by atoms with E-state index < -0.39 is 6.10 Å². The van der Waals surface area contributed by atoms with Crippen molar-refractivity contribution in [1.29, 1.82) is 0 Å². The molecule has 8 nitrogen and oxygen atoms in total. The number of ether oxygens (including phenoxy) is 1. The van der Waals surface area contributed by atoms with Crippen molar-refractivity contribution < 1.29 is 9.53 Å². The number of nitrogens with zero attached hydrogens (tertiary/aromatic N) is 6. The van der Waals surface area contributed by atoms with E-state index in [0.717, 1.165) is 11.4 Å². The van der Waals surface area contributed by atoms with Crippen molar-refractivity contribution in [2.75, 3.05) is 31.1 Å². The van der Waals surface area contributed by atoms with Crippen LogP contribution in [0.15, 0.2) is 54.6 Å². The lowest BCUT2D eigenvalue weighted by Gasteiger charge is -2.36. The van der Waals surface area contributed by atoms with Crippen LogP contribution in [-0.4, -0.2) is 63.3 Å². The highest BCUT2D eigenvalue weighted by atomic mass is 16.5. The third-order valence-corrected chi connectivity index (χ3v) is 5.69. The topological polar surface area (TPSA) is 76.4 Å². The van der Waals surface area contributed by atoms with Gasteiger partial charge in [-0.25, -0.2) is 0 Å². The second kappa shape index (κ2) is 8.98. The molecule has 0 saturated carbocycles. The summed E-state index contributed by atoms with van der Waals surface area (Å²) in [5.74, 6) is 1.40. The van der Waals surface area contributed by atoms with Gasteiger partial charge in [0.25, 0.3) is 5.91 Å². The number of hydrogen-bond donors (Lipinski definition) is 0. The van der Waals surface area contributed by atoms with Crippen LogP contribution in [0.3, 0.4) is 0 Å². The molecule has 1 unspecified atom stereocenters. The average Bonchev–Trinajstić information content (AvgIpc) is 3.29. The van der Waals surface area contributed by atoms with E-state index in [-0.39, 0.29) is 11.3 Å². The third-order valence-electron chi connectivity index (χ3n) is 5.69. The standard InChI is InChI=1S/C24H30N6O2/c1-18(32-21-12-8-9-19(17-21)24(2,3)4)22(31)28-13-15-29(16-14-28)23-25-26-27-30(23)20-10-6-5-7-11-20/h5-12,17-18H,13-16H2,1-4H3. The molecule has 2 heterocycles. The molecule has 2 aromatic carbocycles. The Hall–Kier alpha value is -3.42. The molecule has 1 saturated heterocycles. The van der Waals surface area contributed by atoms with Crippen LogP contribution >= 0.6 is 0 Å². The normalized spacial score (nSPS) is 15.5. The van der Waals surface area contributed by atoms with E-state index in [4.69, 9.17) is 4.74 Å². The molecule has 3 aromatic rings. The summed E-state index contributed by atoms with van der Waals surface area (Å²) in [4.78, 5) is 17.0. The van der Waals surface area contributed by atoms with E-state index in [1.165, 1.54) is 5.56 Å². The SMILES string of the molecule is CC(Oc1cccc(C(C)(C)C)c1)C(=O)N1CCN(c2nnnn2-c2ccccc2)CC1. The molecule has 8 heteroatoms. The molecule has 1 atom stereocenters. The monoisotopic (exact) mass is 434 g/mol. The zero-order valence-corrected chi connectivity index (χ0v) is 19.1. The molecule has 0 bridgehead atoms. The summed E-state index contributed by atoms with van der Waals surface area (Å²) in [7, 11) is 0. The van der Waals surface area contributed by atoms with Crippen LogP contribution in [0, 0.1) is 0 Å². The van der Waals surface area contributed by atoms with Crippen molar-refractivity contribution in [2.24, 2.45) is 0 Å². The molecule has 1 fully saturated rings. The van der Waals surface area contributed by atoms with Crippen molar-refractivity contribution in [3.8, 4) is 11.4 Å². The number of carbonyl (C=O) groups excluding carboxylic acids is 1. The van der Waals surface area contributed by atoms with Gasteiger partial charge in [-0.1, -0.05) is 56.2 Å². The van der Waals surface area contributed by atoms with Gasteiger partial charge in [0.05, 0.1) is 5.69 Å². The van der Waals surface area contributed by atoms with Crippen LogP contribution in [0.5, 0.6) is 5.75 Å². The van der Waals surface area contributed by atoms with Crippen molar-refractivity contribution in [1.82, 2.24) is 25.1 Å². The quantitative estimate of drug-likeness (QED) is 0.614. The summed E-state index contributed by atoms with van der Waals surface area (Å²) in [5, 5.41) is 12.2. The fourth-order valence-corrected chi connectivity index (χ4v) is 3.79. The highest BCUT2D eigenvalue weighted by Crippen LogP contribution is 2.26. The van der Waals surface area contributed by atoms with Crippen molar-refractivity contribution in [2.45, 2.75) is 39.2 Å². The number of aromatic nitrogens is 4. The summed E-state index contributed by atoms with van der Waals surface area (Å²) in [5.41, 5.74) is 2.11. The first-order valence-electron chi connectivity index (χ1n) is 11.0. The van der Waals surface area contributed by atoms with Crippen LogP contribution in [0.4, 0.5) is 5.95 Å². The Bertz CT molecular complexity index is 1050. The molecule has 32 heavy (non-hydrogen) atoms. The number of hydrogen-bond acceptors (Lipinski definition) is 6. The number of tetrazole rings is 1. The molecular formula is C24H30N6O2. The Morgan fingerprint density at radius 3 is 2.41 bits per heavy atom. The fourth-order valence-electron chi connectivity index (χ4n) is 3.79. The molecule has 1 aliphatic heterocycles. The lowest BCUT2D eigenvalue weighted by atomic mass is 9.87. The van der Waals surface area contributed by atoms with E-state index in [1.807, 2.05) is 60.4 Å². The summed E-state index contributed by atoms with van der Waals surface area (Å²) in [6.07, 6.45) is -0.550. The lowest BCUT2D eigenvalue weighted by Crippen LogP contribution is -2.52. The van der Waals surface area contributed by atoms with Crippen LogP contribution < -0.4 is 9.64 Å². The first kappa shape index (κ1) is 21.8. The van der Waals surface area contributed by atoms with Crippen molar-refractivity contribution in [3.05, 3.63) is 60.2 Å². The third kappa shape index (κ3) is 4.74. The highest BCUT2D eigenvalue weighted by molar-refractivity contribution is 5.81. The maximum Gasteiger partial charge on any atom is 0.263 e. The minimum Gasteiger partial charge on any atom is -0.481 e. The first-order chi connectivity index (χ1) is 15.3. The number of para-hydroxylation sites is 1. The number of amides is 1. The molecule has 168 valence electrons. The van der Waals surface area contributed by atoms with Gasteiger partial charge in [-0.2, -0.15) is 4.68 Å². The molecule has 4 rings (SSSR count). The van der Waals surface area contributed by atoms with Gasteiger partial charge in [0.2, 0.25) is 5.95 Å². The predicted octanol–water partition coefficient (Wildman–Crippen LogP) is 3.08. The number of piperazine rings is 1. The van der Waals surface area contributed by atoms with E-state index in [2.05, 4.69) is 47.3 Å². The van der Waals surface area contributed by atoms with Crippen LogP contribution in [0.2, 0.25) is 0 Å². The Balaban J connectivity index is 1.37. The number of anilines is 1. The Labute approximate surface area is 188 Å². The molecule has 0 N–H and O–H groups in total. The molecular weight excluding hydrogens is 404 g/mol. The molecule has 0 spiro atoms. The minimum atomic E-state index is -0.550. The summed E-state index contributed by atoms with van der Waals surface area (Å²) >= 11 is 0. The van der Waals surface area contributed by atoms with E-state index >= 15 is 0 Å². The second-order valence-electron chi connectivity index (χ2n) is 9.08. The summed E-state index contributed by atoms with van der Waals surface area (Å²) in [6, 6.07) is 17.8. The van der Waals surface area contributed by atoms with Gasteiger partial charge in [-0.05, 0) is 52.6 Å². The van der Waals surface area contributed by atoms with Crippen LogP contribution in [-0.2, 0) is 10.2 Å². The van der Waals surface area contributed by atoms with Crippen LogP contribution in [0.25, 0.3) is 5.69 Å².